The van der Waals surface area contributed by atoms with Crippen LogP contribution in [0.5, 0.6) is 0 Å². The van der Waals surface area contributed by atoms with Crippen LogP contribution in [0.3, 0.4) is 0 Å². The van der Waals surface area contributed by atoms with E-state index in [9.17, 15) is 16.8 Å². The molecule has 0 amide bonds. The highest BCUT2D eigenvalue weighted by atomic mass is 32.2. The predicted molar refractivity (Wildman–Crippen MR) is 83.1 cm³/mol. The summed E-state index contributed by atoms with van der Waals surface area (Å²) in [6.07, 6.45) is 0.648. The Hall–Kier alpha value is -1.12. The van der Waals surface area contributed by atoms with Crippen molar-refractivity contribution in [2.45, 2.75) is 26.8 Å². The molecule has 6 nitrogen and oxygen atoms in total. The van der Waals surface area contributed by atoms with E-state index in [4.69, 9.17) is 0 Å². The SMILES string of the molecule is CCS(=O)(=O)Nc1ccc2c(c1)CN(S(=O)(=O)CC)CC2. The second-order valence-electron chi connectivity index (χ2n) is 4.97. The molecule has 0 saturated heterocycles. The van der Waals surface area contributed by atoms with Crippen LogP contribution in [0.25, 0.3) is 0 Å². The van der Waals surface area contributed by atoms with Crippen molar-refractivity contribution in [3.05, 3.63) is 29.3 Å². The molecule has 8 heteroatoms. The molecule has 0 unspecified atom stereocenters. The van der Waals surface area contributed by atoms with Gasteiger partial charge in [0.2, 0.25) is 20.0 Å². The van der Waals surface area contributed by atoms with E-state index < -0.39 is 20.0 Å². The number of nitrogens with one attached hydrogen (secondary N) is 1. The fourth-order valence-corrected chi connectivity index (χ4v) is 3.97. The molecule has 0 bridgehead atoms. The van der Waals surface area contributed by atoms with Crippen LogP contribution in [0, 0.1) is 0 Å². The molecule has 0 aromatic heterocycles. The van der Waals surface area contributed by atoms with E-state index in [1.807, 2.05) is 6.07 Å². The highest BCUT2D eigenvalue weighted by Crippen LogP contribution is 2.25. The number of benzene rings is 1. The van der Waals surface area contributed by atoms with Crippen molar-refractivity contribution in [2.24, 2.45) is 0 Å². The topological polar surface area (TPSA) is 83.6 Å². The van der Waals surface area contributed by atoms with Crippen LogP contribution in [0.2, 0.25) is 0 Å². The van der Waals surface area contributed by atoms with Gasteiger partial charge in [-0.3, -0.25) is 4.72 Å². The molecule has 0 aliphatic carbocycles. The van der Waals surface area contributed by atoms with E-state index >= 15 is 0 Å². The van der Waals surface area contributed by atoms with Gasteiger partial charge < -0.3 is 0 Å². The molecule has 1 aliphatic rings. The Morgan fingerprint density at radius 3 is 2.43 bits per heavy atom. The van der Waals surface area contributed by atoms with E-state index in [2.05, 4.69) is 4.72 Å². The van der Waals surface area contributed by atoms with Gasteiger partial charge in [-0.05, 0) is 43.5 Å². The average molecular weight is 332 g/mol. The number of hydrogen-bond acceptors (Lipinski definition) is 4. The first-order valence-corrected chi connectivity index (χ1v) is 10.1. The number of nitrogens with zero attached hydrogens (tertiary/aromatic N) is 1. The number of sulfonamides is 2. The van der Waals surface area contributed by atoms with Gasteiger partial charge in [-0.15, -0.1) is 0 Å². The molecule has 0 saturated carbocycles. The first-order valence-electron chi connectivity index (χ1n) is 6.87. The largest absolute Gasteiger partial charge is 0.284 e. The maximum Gasteiger partial charge on any atom is 0.232 e. The minimum absolute atomic E-state index is 0.000420. The second-order valence-corrected chi connectivity index (χ2v) is 9.24. The molecule has 0 atom stereocenters. The van der Waals surface area contributed by atoms with E-state index in [0.29, 0.717) is 25.2 Å². The van der Waals surface area contributed by atoms with E-state index in [-0.39, 0.29) is 11.5 Å². The van der Waals surface area contributed by atoms with Crippen LogP contribution in [0.15, 0.2) is 18.2 Å². The number of hydrogen-bond donors (Lipinski definition) is 1. The van der Waals surface area contributed by atoms with Gasteiger partial charge in [-0.1, -0.05) is 6.07 Å². The Balaban J connectivity index is 2.27. The Bertz CT molecular complexity index is 727. The lowest BCUT2D eigenvalue weighted by Crippen LogP contribution is -2.36. The zero-order valence-electron chi connectivity index (χ0n) is 12.2. The van der Waals surface area contributed by atoms with Gasteiger partial charge in [0.05, 0.1) is 11.5 Å². The zero-order chi connectivity index (χ0) is 15.7. The van der Waals surface area contributed by atoms with Crippen molar-refractivity contribution in [1.29, 1.82) is 0 Å². The van der Waals surface area contributed by atoms with Crippen LogP contribution in [0.4, 0.5) is 5.69 Å². The highest BCUT2D eigenvalue weighted by molar-refractivity contribution is 7.92. The van der Waals surface area contributed by atoms with Gasteiger partial charge in [-0.2, -0.15) is 4.31 Å². The molecule has 118 valence electrons. The van der Waals surface area contributed by atoms with Crippen molar-refractivity contribution < 1.29 is 16.8 Å². The van der Waals surface area contributed by atoms with Crippen LogP contribution < -0.4 is 4.72 Å². The normalized spacial score (nSPS) is 16.5. The lowest BCUT2D eigenvalue weighted by Gasteiger charge is -2.28. The number of fused-ring (bicyclic) bond motifs is 1. The second kappa shape index (κ2) is 5.94. The summed E-state index contributed by atoms with van der Waals surface area (Å²) < 4.78 is 51.0. The molecule has 0 spiro atoms. The minimum atomic E-state index is -3.33. The third-order valence-corrected chi connectivity index (χ3v) is 6.73. The monoisotopic (exact) mass is 332 g/mol. The van der Waals surface area contributed by atoms with Gasteiger partial charge in [0.25, 0.3) is 0 Å². The minimum Gasteiger partial charge on any atom is -0.284 e. The fourth-order valence-electron chi connectivity index (χ4n) is 2.27. The summed E-state index contributed by atoms with van der Waals surface area (Å²) in [5.41, 5.74) is 2.40. The van der Waals surface area contributed by atoms with E-state index in [0.717, 1.165) is 11.1 Å². The van der Waals surface area contributed by atoms with Crippen LogP contribution in [-0.4, -0.2) is 39.2 Å². The smallest absolute Gasteiger partial charge is 0.232 e. The molecule has 21 heavy (non-hydrogen) atoms. The molecular formula is C13H20N2O4S2. The van der Waals surface area contributed by atoms with Gasteiger partial charge in [0.15, 0.2) is 0 Å². The first kappa shape index (κ1) is 16.3. The van der Waals surface area contributed by atoms with E-state index in [1.165, 1.54) is 4.31 Å². The summed E-state index contributed by atoms with van der Waals surface area (Å²) in [6, 6.07) is 5.30. The summed E-state index contributed by atoms with van der Waals surface area (Å²) in [6.45, 7) is 3.96. The molecule has 1 aliphatic heterocycles. The zero-order valence-corrected chi connectivity index (χ0v) is 13.8. The molecule has 1 N–H and O–H groups in total. The Kier molecular flexibility index (Phi) is 4.60. The van der Waals surface area contributed by atoms with Crippen LogP contribution >= 0.6 is 0 Å². The average Bonchev–Trinajstić information content (AvgIpc) is 2.46. The predicted octanol–water partition coefficient (Wildman–Crippen LogP) is 1.16. The van der Waals surface area contributed by atoms with Gasteiger partial charge >= 0.3 is 0 Å². The molecule has 1 aromatic rings. The summed E-state index contributed by atoms with van der Waals surface area (Å²) >= 11 is 0. The summed E-state index contributed by atoms with van der Waals surface area (Å²) in [7, 11) is -6.55. The Labute approximate surface area is 126 Å². The Morgan fingerprint density at radius 2 is 1.81 bits per heavy atom. The van der Waals surface area contributed by atoms with Gasteiger partial charge in [0.1, 0.15) is 0 Å². The van der Waals surface area contributed by atoms with Gasteiger partial charge in [-0.25, -0.2) is 16.8 Å². The maximum absolute atomic E-state index is 11.9. The van der Waals surface area contributed by atoms with Crippen LogP contribution in [-0.2, 0) is 33.0 Å². The van der Waals surface area contributed by atoms with Crippen molar-refractivity contribution in [3.63, 3.8) is 0 Å². The van der Waals surface area contributed by atoms with Crippen molar-refractivity contribution in [2.75, 3.05) is 22.8 Å². The summed E-state index contributed by atoms with van der Waals surface area (Å²) in [5, 5.41) is 0. The third kappa shape index (κ3) is 3.75. The van der Waals surface area contributed by atoms with Gasteiger partial charge in [0, 0.05) is 18.8 Å². The lowest BCUT2D eigenvalue weighted by atomic mass is 10.0. The lowest BCUT2D eigenvalue weighted by molar-refractivity contribution is 0.392. The summed E-state index contributed by atoms with van der Waals surface area (Å²) in [4.78, 5) is 0. The van der Waals surface area contributed by atoms with Crippen molar-refractivity contribution in [1.82, 2.24) is 4.31 Å². The fraction of sp³-hybridized carbons (Fsp3) is 0.538. The molecule has 1 heterocycles. The van der Waals surface area contributed by atoms with Crippen LogP contribution in [0.1, 0.15) is 25.0 Å². The molecular weight excluding hydrogens is 312 g/mol. The third-order valence-electron chi connectivity index (χ3n) is 3.60. The molecule has 2 rings (SSSR count). The van der Waals surface area contributed by atoms with Crippen molar-refractivity contribution >= 4 is 25.7 Å². The first-order chi connectivity index (χ1) is 9.77. The number of rotatable bonds is 5. The molecule has 0 radical (unpaired) electrons. The number of anilines is 1. The van der Waals surface area contributed by atoms with Crippen molar-refractivity contribution in [3.8, 4) is 0 Å². The standard InChI is InChI=1S/C13H20N2O4S2/c1-3-20(16,17)14-13-6-5-11-7-8-15(10-12(11)9-13)21(18,19)4-2/h5-6,9,14H,3-4,7-8,10H2,1-2H3. The van der Waals surface area contributed by atoms with E-state index in [1.54, 1.807) is 26.0 Å². The summed E-state index contributed by atoms with van der Waals surface area (Å²) in [5.74, 6) is 0.0743. The Morgan fingerprint density at radius 1 is 1.10 bits per heavy atom. The highest BCUT2D eigenvalue weighted by Gasteiger charge is 2.25. The molecule has 0 fully saturated rings. The maximum atomic E-state index is 11.9. The molecule has 1 aromatic carbocycles. The quantitative estimate of drug-likeness (QED) is 0.877.